The molecule has 0 aromatic heterocycles. The van der Waals surface area contributed by atoms with Crippen molar-refractivity contribution < 1.29 is 0 Å². The zero-order chi connectivity index (χ0) is 37.7. The zero-order valence-electron chi connectivity index (χ0n) is 31.3. The maximum absolute atomic E-state index is 2.52. The predicted molar refractivity (Wildman–Crippen MR) is 245 cm³/mol. The van der Waals surface area contributed by atoms with Crippen LogP contribution < -0.4 is 4.90 Å². The fraction of sp³-hybridized carbons (Fsp3) is 0. The second-order valence-electron chi connectivity index (χ2n) is 14.8. The molecule has 1 nitrogen and oxygen atoms in total. The third-order valence-electron chi connectivity index (χ3n) is 11.6. The van der Waals surface area contributed by atoms with Gasteiger partial charge in [0, 0.05) is 16.5 Å². The van der Waals surface area contributed by atoms with Crippen LogP contribution in [0.3, 0.4) is 0 Å². The van der Waals surface area contributed by atoms with E-state index in [-0.39, 0.29) is 0 Å². The molecule has 0 bridgehead atoms. The van der Waals surface area contributed by atoms with Crippen LogP contribution in [0, 0.1) is 0 Å². The molecule has 266 valence electrons. The summed E-state index contributed by atoms with van der Waals surface area (Å²) in [7, 11) is 0. The van der Waals surface area contributed by atoms with Crippen molar-refractivity contribution in [1.82, 2.24) is 0 Å². The molecule has 0 unspecified atom stereocenters. The van der Waals surface area contributed by atoms with Crippen molar-refractivity contribution in [3.8, 4) is 33.4 Å². The van der Waals surface area contributed by atoms with Crippen LogP contribution in [0.1, 0.15) is 0 Å². The number of anilines is 3. The van der Waals surface area contributed by atoms with Crippen LogP contribution in [0.2, 0.25) is 0 Å². The summed E-state index contributed by atoms with van der Waals surface area (Å²) in [5, 5.41) is 12.4. The molecule has 1 heteroatoms. The third kappa shape index (κ3) is 5.47. The van der Waals surface area contributed by atoms with E-state index in [1.54, 1.807) is 0 Å². The highest BCUT2D eigenvalue weighted by molar-refractivity contribution is 6.18. The summed E-state index contributed by atoms with van der Waals surface area (Å²) in [5.41, 5.74) is 10.6. The number of hydrogen-bond donors (Lipinski definition) is 0. The van der Waals surface area contributed by atoms with Crippen LogP contribution in [0.5, 0.6) is 0 Å². The van der Waals surface area contributed by atoms with E-state index < -0.39 is 0 Å². The maximum atomic E-state index is 2.52. The first kappa shape index (κ1) is 32.9. The molecule has 11 rings (SSSR count). The molecule has 0 fully saturated rings. The van der Waals surface area contributed by atoms with Gasteiger partial charge in [-0.2, -0.15) is 0 Å². The molecule has 0 aliphatic heterocycles. The van der Waals surface area contributed by atoms with Gasteiger partial charge >= 0.3 is 0 Å². The van der Waals surface area contributed by atoms with Crippen molar-refractivity contribution in [3.05, 3.63) is 224 Å². The Morgan fingerprint density at radius 3 is 1.12 bits per heavy atom. The van der Waals surface area contributed by atoms with Gasteiger partial charge in [-0.05, 0) is 101 Å². The quantitative estimate of drug-likeness (QED) is 0.154. The van der Waals surface area contributed by atoms with Crippen LogP contribution in [-0.2, 0) is 0 Å². The summed E-state index contributed by atoms with van der Waals surface area (Å²) < 4.78 is 0. The van der Waals surface area contributed by atoms with E-state index >= 15 is 0 Å². The van der Waals surface area contributed by atoms with Crippen molar-refractivity contribution in [3.63, 3.8) is 0 Å². The Morgan fingerprint density at radius 1 is 0.211 bits per heavy atom. The third-order valence-corrected chi connectivity index (χ3v) is 11.6. The Morgan fingerprint density at radius 2 is 0.596 bits per heavy atom. The summed E-state index contributed by atoms with van der Waals surface area (Å²) in [5.74, 6) is 0. The molecule has 0 spiro atoms. The van der Waals surface area contributed by atoms with Crippen LogP contribution in [-0.4, -0.2) is 0 Å². The van der Waals surface area contributed by atoms with E-state index in [1.165, 1.54) is 87.2 Å². The molecule has 0 heterocycles. The van der Waals surface area contributed by atoms with Crippen LogP contribution >= 0.6 is 0 Å². The van der Waals surface area contributed by atoms with Gasteiger partial charge in [0.15, 0.2) is 0 Å². The molecule has 0 saturated heterocycles. The van der Waals surface area contributed by atoms with Gasteiger partial charge in [-0.25, -0.2) is 0 Å². The fourth-order valence-corrected chi connectivity index (χ4v) is 9.08. The minimum Gasteiger partial charge on any atom is -0.309 e. The number of benzene rings is 11. The van der Waals surface area contributed by atoms with Gasteiger partial charge in [0.25, 0.3) is 0 Å². The monoisotopic (exact) mass is 723 g/mol. The Bertz CT molecular complexity index is 3140. The second kappa shape index (κ2) is 13.7. The van der Waals surface area contributed by atoms with E-state index in [0.717, 1.165) is 17.1 Å². The standard InChI is InChI=1S/C56H37N/c1-2-18-38(19-3-1)43-34-35-56(49-29-13-12-26-46(43)49)57(54-32-16-14-30-50(54)52-36-39-20-4-6-22-41(39)44-24-8-10-27-47(44)52)55-33-17-15-31-51(55)53-37-40-21-5-7-23-42(40)45-25-9-11-28-48(45)53/h1-37H. The molecule has 0 aliphatic rings. The van der Waals surface area contributed by atoms with Gasteiger partial charge in [-0.15, -0.1) is 0 Å². The average Bonchev–Trinajstić information content (AvgIpc) is 3.29. The Kier molecular flexibility index (Phi) is 7.89. The smallest absolute Gasteiger partial charge is 0.0540 e. The first-order valence-electron chi connectivity index (χ1n) is 19.7. The molecule has 0 saturated carbocycles. The molecular weight excluding hydrogens is 687 g/mol. The molecule has 0 amide bonds. The molecule has 0 aliphatic carbocycles. The highest BCUT2D eigenvalue weighted by Crippen LogP contribution is 2.50. The van der Waals surface area contributed by atoms with Crippen molar-refractivity contribution in [1.29, 1.82) is 0 Å². The maximum Gasteiger partial charge on any atom is 0.0540 e. The molecule has 0 atom stereocenters. The fourth-order valence-electron chi connectivity index (χ4n) is 9.08. The van der Waals surface area contributed by atoms with Crippen LogP contribution in [0.25, 0.3) is 87.2 Å². The topological polar surface area (TPSA) is 3.24 Å². The molecule has 11 aromatic carbocycles. The lowest BCUT2D eigenvalue weighted by Crippen LogP contribution is -2.13. The second-order valence-corrected chi connectivity index (χ2v) is 14.8. The first-order chi connectivity index (χ1) is 28.3. The number of nitrogens with zero attached hydrogens (tertiary/aromatic N) is 1. The summed E-state index contributed by atoms with van der Waals surface area (Å²) in [6.45, 7) is 0. The zero-order valence-corrected chi connectivity index (χ0v) is 31.3. The average molecular weight is 724 g/mol. The van der Waals surface area contributed by atoms with Crippen molar-refractivity contribution in [2.45, 2.75) is 0 Å². The molecule has 0 N–H and O–H groups in total. The lowest BCUT2D eigenvalue weighted by molar-refractivity contribution is 1.30. The summed E-state index contributed by atoms with van der Waals surface area (Å²) >= 11 is 0. The Balaban J connectivity index is 1.25. The predicted octanol–water partition coefficient (Wildman–Crippen LogP) is 15.9. The lowest BCUT2D eigenvalue weighted by Gasteiger charge is -2.32. The van der Waals surface area contributed by atoms with Crippen LogP contribution in [0.4, 0.5) is 17.1 Å². The minimum absolute atomic E-state index is 1.12. The Labute approximate surface area is 332 Å². The van der Waals surface area contributed by atoms with E-state index in [2.05, 4.69) is 229 Å². The summed E-state index contributed by atoms with van der Waals surface area (Å²) in [6.07, 6.45) is 0. The largest absolute Gasteiger partial charge is 0.309 e. The van der Waals surface area contributed by atoms with Gasteiger partial charge in [0.1, 0.15) is 0 Å². The minimum atomic E-state index is 1.12. The van der Waals surface area contributed by atoms with Gasteiger partial charge in [-0.3, -0.25) is 0 Å². The number of hydrogen-bond acceptors (Lipinski definition) is 1. The van der Waals surface area contributed by atoms with E-state index in [1.807, 2.05) is 0 Å². The SMILES string of the molecule is c1ccc(-c2ccc(N(c3ccccc3-c3cc4ccccc4c4ccccc34)c3ccccc3-c3cc4ccccc4c4ccccc34)c3ccccc23)cc1. The highest BCUT2D eigenvalue weighted by atomic mass is 15.1. The van der Waals surface area contributed by atoms with E-state index in [9.17, 15) is 0 Å². The molecular formula is C56H37N. The van der Waals surface area contributed by atoms with Gasteiger partial charge in [-0.1, -0.05) is 194 Å². The van der Waals surface area contributed by atoms with Crippen molar-refractivity contribution in [2.24, 2.45) is 0 Å². The van der Waals surface area contributed by atoms with Gasteiger partial charge in [0.2, 0.25) is 0 Å². The summed E-state index contributed by atoms with van der Waals surface area (Å²) in [4.78, 5) is 2.52. The molecule has 0 radical (unpaired) electrons. The lowest BCUT2D eigenvalue weighted by atomic mass is 9.90. The summed E-state index contributed by atoms with van der Waals surface area (Å²) in [6, 6.07) is 82.2. The highest BCUT2D eigenvalue weighted by Gasteiger charge is 2.24. The van der Waals surface area contributed by atoms with Gasteiger partial charge < -0.3 is 4.90 Å². The molecule has 57 heavy (non-hydrogen) atoms. The normalized spacial score (nSPS) is 11.5. The first-order valence-corrected chi connectivity index (χ1v) is 19.7. The Hall–Kier alpha value is -7.48. The van der Waals surface area contributed by atoms with Crippen molar-refractivity contribution in [2.75, 3.05) is 4.90 Å². The number of para-hydroxylation sites is 2. The van der Waals surface area contributed by atoms with Crippen molar-refractivity contribution >= 4 is 70.9 Å². The van der Waals surface area contributed by atoms with E-state index in [0.29, 0.717) is 0 Å². The van der Waals surface area contributed by atoms with E-state index in [4.69, 9.17) is 0 Å². The van der Waals surface area contributed by atoms with Crippen LogP contribution in [0.15, 0.2) is 224 Å². The number of rotatable bonds is 6. The van der Waals surface area contributed by atoms with Gasteiger partial charge in [0.05, 0.1) is 17.1 Å². The number of fused-ring (bicyclic) bond motifs is 7. The molecule has 11 aromatic rings.